The van der Waals surface area contributed by atoms with Crippen molar-refractivity contribution < 1.29 is 20.1 Å². The zero-order valence-corrected chi connectivity index (χ0v) is 22.7. The second kappa shape index (κ2) is 14.2. The van der Waals surface area contributed by atoms with Crippen molar-refractivity contribution in [3.05, 3.63) is 46.6 Å². The Balaban J connectivity index is 2.91. The van der Waals surface area contributed by atoms with Gasteiger partial charge < -0.3 is 15.3 Å². The third-order valence-electron chi connectivity index (χ3n) is 8.01. The van der Waals surface area contributed by atoms with Gasteiger partial charge in [0.1, 0.15) is 6.29 Å². The van der Waals surface area contributed by atoms with Crippen LogP contribution in [0.2, 0.25) is 0 Å². The van der Waals surface area contributed by atoms with Crippen molar-refractivity contribution in [2.45, 2.75) is 112 Å². The van der Waals surface area contributed by atoms with E-state index in [1.54, 1.807) is 0 Å². The van der Waals surface area contributed by atoms with Gasteiger partial charge in [0.2, 0.25) is 0 Å². The highest BCUT2D eigenvalue weighted by Crippen LogP contribution is 2.55. The minimum atomic E-state index is -0.857. The second-order valence-electron chi connectivity index (χ2n) is 11.1. The number of carbonyl (C=O) groups excluding carboxylic acids is 1. The minimum absolute atomic E-state index is 0.0532. The second-order valence-corrected chi connectivity index (χ2v) is 11.1. The lowest BCUT2D eigenvalue weighted by Crippen LogP contribution is -2.52. The molecule has 4 heteroatoms. The van der Waals surface area contributed by atoms with E-state index in [-0.39, 0.29) is 12.5 Å². The van der Waals surface area contributed by atoms with Crippen LogP contribution in [0.5, 0.6) is 0 Å². The van der Waals surface area contributed by atoms with Gasteiger partial charge in [-0.1, -0.05) is 49.3 Å². The Morgan fingerprint density at radius 1 is 1.15 bits per heavy atom. The van der Waals surface area contributed by atoms with Crippen LogP contribution in [0.4, 0.5) is 0 Å². The van der Waals surface area contributed by atoms with Gasteiger partial charge in [-0.3, -0.25) is 4.79 Å². The lowest BCUT2D eigenvalue weighted by molar-refractivity contribution is -0.115. The molecule has 0 aromatic rings. The molecular formula is C30H50O4. The van der Waals surface area contributed by atoms with Crippen LogP contribution in [0.1, 0.15) is 99.8 Å². The van der Waals surface area contributed by atoms with Gasteiger partial charge in [-0.15, -0.1) is 0 Å². The fourth-order valence-corrected chi connectivity index (χ4v) is 5.24. The van der Waals surface area contributed by atoms with E-state index in [1.165, 1.54) is 5.57 Å². The molecule has 1 fully saturated rings. The molecule has 5 atom stereocenters. The SMILES string of the molecule is CC(C)=CCC(C)C=CCC(O)C(C)=CCCC1(C)C(CCCO)C(=C(C)C=O)CCC1(C)O. The predicted molar refractivity (Wildman–Crippen MR) is 143 cm³/mol. The van der Waals surface area contributed by atoms with E-state index in [9.17, 15) is 20.1 Å². The van der Waals surface area contributed by atoms with Gasteiger partial charge >= 0.3 is 0 Å². The number of allylic oxidation sites excluding steroid dienone is 6. The molecule has 1 aliphatic carbocycles. The molecule has 4 nitrogen and oxygen atoms in total. The highest BCUT2D eigenvalue weighted by molar-refractivity contribution is 5.74. The Kier molecular flexibility index (Phi) is 12.7. The number of aliphatic hydroxyl groups excluding tert-OH is 2. The number of aliphatic hydroxyl groups is 3. The Labute approximate surface area is 208 Å². The highest BCUT2D eigenvalue weighted by atomic mass is 16.3. The molecule has 0 aromatic carbocycles. The standard InChI is InChI=1S/C30H50O4/c1-22(2)15-16-23(3)11-8-14-28(33)24(4)12-9-18-29(6)27(13-10-20-31)26(25(5)21-32)17-19-30(29,7)34/h8,11-12,15,21,23,27-28,31,33-34H,9-10,13-14,16-20H2,1-7H3. The fourth-order valence-electron chi connectivity index (χ4n) is 5.24. The average Bonchev–Trinajstić information content (AvgIpc) is 2.78. The Morgan fingerprint density at radius 3 is 2.41 bits per heavy atom. The summed E-state index contributed by atoms with van der Waals surface area (Å²) in [6.45, 7) is 14.4. The maximum atomic E-state index is 11.6. The molecule has 0 aliphatic heterocycles. The number of carbonyl (C=O) groups is 1. The third-order valence-corrected chi connectivity index (χ3v) is 8.01. The van der Waals surface area contributed by atoms with Gasteiger partial charge in [0.05, 0.1) is 11.7 Å². The van der Waals surface area contributed by atoms with Gasteiger partial charge in [0, 0.05) is 12.0 Å². The molecule has 3 N–H and O–H groups in total. The van der Waals surface area contributed by atoms with E-state index in [4.69, 9.17) is 0 Å². The largest absolute Gasteiger partial charge is 0.396 e. The highest BCUT2D eigenvalue weighted by Gasteiger charge is 2.52. The molecule has 0 amide bonds. The van der Waals surface area contributed by atoms with Crippen LogP contribution in [-0.4, -0.2) is 39.9 Å². The van der Waals surface area contributed by atoms with Gasteiger partial charge in [0.15, 0.2) is 0 Å². The van der Waals surface area contributed by atoms with Crippen molar-refractivity contribution in [1.82, 2.24) is 0 Å². The molecular weight excluding hydrogens is 424 g/mol. The van der Waals surface area contributed by atoms with Crippen LogP contribution in [-0.2, 0) is 4.79 Å². The summed E-state index contributed by atoms with van der Waals surface area (Å²) in [4.78, 5) is 11.6. The van der Waals surface area contributed by atoms with E-state index in [0.29, 0.717) is 25.2 Å². The maximum absolute atomic E-state index is 11.6. The zero-order chi connectivity index (χ0) is 25.9. The molecule has 0 spiro atoms. The quantitative estimate of drug-likeness (QED) is 0.162. The first kappa shape index (κ1) is 30.5. The molecule has 1 saturated carbocycles. The molecule has 194 valence electrons. The molecule has 1 rings (SSSR count). The molecule has 1 aliphatic rings. The van der Waals surface area contributed by atoms with Gasteiger partial charge in [-0.2, -0.15) is 0 Å². The van der Waals surface area contributed by atoms with Crippen molar-refractivity contribution >= 4 is 6.29 Å². The number of hydrogen-bond donors (Lipinski definition) is 3. The predicted octanol–water partition coefficient (Wildman–Crippen LogP) is 6.47. The monoisotopic (exact) mass is 474 g/mol. The zero-order valence-electron chi connectivity index (χ0n) is 22.7. The maximum Gasteiger partial charge on any atom is 0.145 e. The summed E-state index contributed by atoms with van der Waals surface area (Å²) in [6.07, 6.45) is 14.9. The Morgan fingerprint density at radius 2 is 1.82 bits per heavy atom. The third kappa shape index (κ3) is 8.62. The summed E-state index contributed by atoms with van der Waals surface area (Å²) >= 11 is 0. The van der Waals surface area contributed by atoms with Crippen LogP contribution in [0, 0.1) is 17.3 Å². The summed E-state index contributed by atoms with van der Waals surface area (Å²) < 4.78 is 0. The van der Waals surface area contributed by atoms with Crippen molar-refractivity contribution in [3.63, 3.8) is 0 Å². The topological polar surface area (TPSA) is 77.8 Å². The lowest BCUT2D eigenvalue weighted by Gasteiger charge is -2.53. The fraction of sp³-hybridized carbons (Fsp3) is 0.700. The van der Waals surface area contributed by atoms with Crippen molar-refractivity contribution in [2.75, 3.05) is 6.61 Å². The molecule has 0 radical (unpaired) electrons. The summed E-state index contributed by atoms with van der Waals surface area (Å²) in [5, 5.41) is 31.5. The van der Waals surface area contributed by atoms with Gasteiger partial charge in [-0.25, -0.2) is 0 Å². The van der Waals surface area contributed by atoms with E-state index in [1.807, 2.05) is 20.8 Å². The first-order valence-corrected chi connectivity index (χ1v) is 13.0. The van der Waals surface area contributed by atoms with Crippen molar-refractivity contribution in [2.24, 2.45) is 17.3 Å². The normalized spacial score (nSPS) is 29.1. The van der Waals surface area contributed by atoms with Crippen LogP contribution in [0.3, 0.4) is 0 Å². The van der Waals surface area contributed by atoms with Crippen LogP contribution >= 0.6 is 0 Å². The van der Waals surface area contributed by atoms with Gasteiger partial charge in [0.25, 0.3) is 0 Å². The minimum Gasteiger partial charge on any atom is -0.396 e. The van der Waals surface area contributed by atoms with E-state index >= 15 is 0 Å². The van der Waals surface area contributed by atoms with E-state index < -0.39 is 17.1 Å². The van der Waals surface area contributed by atoms with E-state index in [2.05, 4.69) is 52.0 Å². The number of aldehydes is 1. The van der Waals surface area contributed by atoms with Crippen molar-refractivity contribution in [1.29, 1.82) is 0 Å². The number of rotatable bonds is 13. The summed E-state index contributed by atoms with van der Waals surface area (Å²) in [6, 6.07) is 0. The smallest absolute Gasteiger partial charge is 0.145 e. The summed E-state index contributed by atoms with van der Waals surface area (Å²) in [7, 11) is 0. The first-order chi connectivity index (χ1) is 15.9. The number of hydrogen-bond acceptors (Lipinski definition) is 4. The first-order valence-electron chi connectivity index (χ1n) is 13.0. The Hall–Kier alpha value is -1.49. The van der Waals surface area contributed by atoms with Crippen LogP contribution < -0.4 is 0 Å². The summed E-state index contributed by atoms with van der Waals surface area (Å²) in [5.74, 6) is 0.505. The van der Waals surface area contributed by atoms with Crippen LogP contribution in [0.15, 0.2) is 46.6 Å². The average molecular weight is 475 g/mol. The molecule has 0 aromatic heterocycles. The molecule has 0 heterocycles. The molecule has 0 bridgehead atoms. The van der Waals surface area contributed by atoms with E-state index in [0.717, 1.165) is 55.1 Å². The molecule has 0 saturated heterocycles. The summed E-state index contributed by atoms with van der Waals surface area (Å²) in [5.41, 5.74) is 2.90. The van der Waals surface area contributed by atoms with Crippen LogP contribution in [0.25, 0.3) is 0 Å². The Bertz CT molecular complexity index is 767. The van der Waals surface area contributed by atoms with Crippen molar-refractivity contribution in [3.8, 4) is 0 Å². The lowest BCUT2D eigenvalue weighted by atomic mass is 9.54. The molecule has 34 heavy (non-hydrogen) atoms. The van der Waals surface area contributed by atoms with Gasteiger partial charge in [-0.05, 0) is 109 Å². The molecule has 5 unspecified atom stereocenters.